The monoisotopic (exact) mass is 337 g/mol. The van der Waals surface area contributed by atoms with Crippen LogP contribution in [0.1, 0.15) is 37.7 Å². The molecule has 2 heterocycles. The Bertz CT molecular complexity index is 658. The molecule has 3 fully saturated rings. The fourth-order valence-electron chi connectivity index (χ4n) is 3.88. The first-order chi connectivity index (χ1) is 11.5. The van der Waals surface area contributed by atoms with E-state index in [0.29, 0.717) is 44.5 Å². The van der Waals surface area contributed by atoms with Crippen molar-refractivity contribution in [2.45, 2.75) is 44.0 Å². The predicted molar refractivity (Wildman–Crippen MR) is 82.3 cm³/mol. The maximum absolute atomic E-state index is 13.9. The molecule has 6 heteroatoms. The van der Waals surface area contributed by atoms with Crippen LogP contribution in [0.25, 0.3) is 0 Å². The normalized spacial score (nSPS) is 31.5. The van der Waals surface area contributed by atoms with Crippen LogP contribution in [-0.2, 0) is 14.3 Å². The van der Waals surface area contributed by atoms with Crippen LogP contribution in [0, 0.1) is 17.6 Å². The van der Waals surface area contributed by atoms with E-state index in [9.17, 15) is 13.6 Å². The van der Waals surface area contributed by atoms with E-state index in [1.807, 2.05) is 11.8 Å². The summed E-state index contributed by atoms with van der Waals surface area (Å²) in [5.74, 6) is -1.84. The van der Waals surface area contributed by atoms with Gasteiger partial charge in [-0.3, -0.25) is 4.79 Å². The van der Waals surface area contributed by atoms with Crippen LogP contribution in [0.2, 0.25) is 0 Å². The van der Waals surface area contributed by atoms with Gasteiger partial charge in [-0.25, -0.2) is 8.78 Å². The van der Waals surface area contributed by atoms with Crippen molar-refractivity contribution in [1.29, 1.82) is 0 Å². The number of carbonyl (C=O) groups is 1. The second kappa shape index (κ2) is 5.77. The van der Waals surface area contributed by atoms with Crippen LogP contribution >= 0.6 is 0 Å². The van der Waals surface area contributed by atoms with Gasteiger partial charge in [-0.15, -0.1) is 0 Å². The van der Waals surface area contributed by atoms with Crippen molar-refractivity contribution in [2.24, 2.45) is 5.92 Å². The minimum atomic E-state index is -0.534. The lowest BCUT2D eigenvalue weighted by Crippen LogP contribution is -2.48. The summed E-state index contributed by atoms with van der Waals surface area (Å²) in [6.07, 6.45) is 2.00. The van der Waals surface area contributed by atoms with Crippen LogP contribution in [0.3, 0.4) is 0 Å². The van der Waals surface area contributed by atoms with Crippen LogP contribution in [0.4, 0.5) is 8.78 Å². The summed E-state index contributed by atoms with van der Waals surface area (Å²) in [5.41, 5.74) is 0.318. The summed E-state index contributed by atoms with van der Waals surface area (Å²) in [7, 11) is 0. The van der Waals surface area contributed by atoms with Gasteiger partial charge in [-0.2, -0.15) is 0 Å². The number of likely N-dealkylation sites (tertiary alicyclic amines) is 1. The van der Waals surface area contributed by atoms with E-state index in [1.165, 1.54) is 6.07 Å². The number of piperidine rings is 1. The Labute approximate surface area is 139 Å². The standard InChI is InChI=1S/C18H21F2NO3/c1-11-10-23-18(24-11)4-6-21(7-5-18)17(22)15-9-13(15)14-8-12(19)2-3-16(14)20/h2-3,8,11,13,15H,4-7,9-10H2,1H3/t11-,13+,15+/m0/s1. The van der Waals surface area contributed by atoms with Gasteiger partial charge in [0.05, 0.1) is 12.7 Å². The Morgan fingerprint density at radius 3 is 2.71 bits per heavy atom. The molecule has 4 nitrogen and oxygen atoms in total. The molecular weight excluding hydrogens is 316 g/mol. The lowest BCUT2D eigenvalue weighted by atomic mass is 10.0. The smallest absolute Gasteiger partial charge is 0.226 e. The number of benzene rings is 1. The van der Waals surface area contributed by atoms with Crippen molar-refractivity contribution in [1.82, 2.24) is 4.90 Å². The summed E-state index contributed by atoms with van der Waals surface area (Å²) in [6.45, 7) is 3.74. The highest BCUT2D eigenvalue weighted by molar-refractivity contribution is 5.83. The fourth-order valence-corrected chi connectivity index (χ4v) is 3.88. The topological polar surface area (TPSA) is 38.8 Å². The van der Waals surface area contributed by atoms with Crippen molar-refractivity contribution < 1.29 is 23.0 Å². The second-order valence-electron chi connectivity index (χ2n) is 7.09. The molecule has 0 bridgehead atoms. The van der Waals surface area contributed by atoms with Gasteiger partial charge in [0.25, 0.3) is 0 Å². The van der Waals surface area contributed by atoms with Gasteiger partial charge >= 0.3 is 0 Å². The number of carbonyl (C=O) groups excluding carboxylic acids is 1. The van der Waals surface area contributed by atoms with Gasteiger partial charge in [-0.05, 0) is 43.0 Å². The molecule has 2 saturated heterocycles. The number of rotatable bonds is 2. The van der Waals surface area contributed by atoms with Gasteiger partial charge in [0.1, 0.15) is 11.6 Å². The van der Waals surface area contributed by atoms with E-state index in [0.717, 1.165) is 12.1 Å². The van der Waals surface area contributed by atoms with E-state index in [1.54, 1.807) is 0 Å². The third-order valence-electron chi connectivity index (χ3n) is 5.30. The first kappa shape index (κ1) is 16.0. The maximum atomic E-state index is 13.9. The Kier molecular flexibility index (Phi) is 3.84. The first-order valence-corrected chi connectivity index (χ1v) is 8.53. The Morgan fingerprint density at radius 1 is 1.29 bits per heavy atom. The number of hydrogen-bond donors (Lipinski definition) is 0. The van der Waals surface area contributed by atoms with Gasteiger partial charge in [0, 0.05) is 31.8 Å². The molecule has 0 radical (unpaired) electrons. The minimum absolute atomic E-state index is 0.0320. The number of nitrogens with zero attached hydrogens (tertiary/aromatic N) is 1. The quantitative estimate of drug-likeness (QED) is 0.833. The highest BCUT2D eigenvalue weighted by Crippen LogP contribution is 2.50. The maximum Gasteiger partial charge on any atom is 0.226 e. The van der Waals surface area contributed by atoms with E-state index in [4.69, 9.17) is 9.47 Å². The van der Waals surface area contributed by atoms with E-state index < -0.39 is 17.4 Å². The largest absolute Gasteiger partial charge is 0.347 e. The molecule has 2 aliphatic heterocycles. The molecule has 1 amide bonds. The average molecular weight is 337 g/mol. The molecule has 1 aromatic carbocycles. The first-order valence-electron chi connectivity index (χ1n) is 8.53. The predicted octanol–water partition coefficient (Wildman–Crippen LogP) is 2.82. The van der Waals surface area contributed by atoms with Crippen LogP contribution < -0.4 is 0 Å². The third kappa shape index (κ3) is 2.82. The van der Waals surface area contributed by atoms with Crippen molar-refractivity contribution >= 4 is 5.91 Å². The van der Waals surface area contributed by atoms with E-state index in [2.05, 4.69) is 0 Å². The van der Waals surface area contributed by atoms with Crippen molar-refractivity contribution in [3.63, 3.8) is 0 Å². The summed E-state index contributed by atoms with van der Waals surface area (Å²) >= 11 is 0. The van der Waals surface area contributed by atoms with E-state index in [-0.39, 0.29) is 23.8 Å². The van der Waals surface area contributed by atoms with Crippen LogP contribution in [-0.4, -0.2) is 42.4 Å². The van der Waals surface area contributed by atoms with Crippen molar-refractivity contribution in [3.05, 3.63) is 35.4 Å². The molecule has 0 aromatic heterocycles. The third-order valence-corrected chi connectivity index (χ3v) is 5.30. The van der Waals surface area contributed by atoms with Gasteiger partial charge < -0.3 is 14.4 Å². The molecule has 1 spiro atoms. The summed E-state index contributed by atoms with van der Waals surface area (Å²) < 4.78 is 38.8. The highest BCUT2D eigenvalue weighted by Gasteiger charge is 2.49. The number of ether oxygens (including phenoxy) is 2. The molecule has 24 heavy (non-hydrogen) atoms. The minimum Gasteiger partial charge on any atom is -0.347 e. The van der Waals surface area contributed by atoms with Crippen LogP contribution in [0.5, 0.6) is 0 Å². The number of halogens is 2. The van der Waals surface area contributed by atoms with Gasteiger partial charge in [-0.1, -0.05) is 0 Å². The summed E-state index contributed by atoms with van der Waals surface area (Å²) in [5, 5.41) is 0. The Balaban J connectivity index is 1.37. The molecule has 0 N–H and O–H groups in total. The molecule has 1 aromatic rings. The number of hydrogen-bond acceptors (Lipinski definition) is 3. The van der Waals surface area contributed by atoms with E-state index >= 15 is 0 Å². The lowest BCUT2D eigenvalue weighted by molar-refractivity contribution is -0.195. The summed E-state index contributed by atoms with van der Waals surface area (Å²) in [4.78, 5) is 14.4. The molecule has 4 rings (SSSR count). The van der Waals surface area contributed by atoms with Gasteiger partial charge in [0.15, 0.2) is 5.79 Å². The van der Waals surface area contributed by atoms with Crippen molar-refractivity contribution in [2.75, 3.05) is 19.7 Å². The SMILES string of the molecule is C[C@H]1COC2(CCN(C(=O)[C@@H]3C[C@@H]3c3cc(F)ccc3F)CC2)O1. The Morgan fingerprint density at radius 2 is 2.04 bits per heavy atom. The average Bonchev–Trinajstić information content (AvgIpc) is 3.28. The zero-order chi connectivity index (χ0) is 16.9. The van der Waals surface area contributed by atoms with Gasteiger partial charge in [0.2, 0.25) is 5.91 Å². The molecule has 1 aliphatic carbocycles. The zero-order valence-electron chi connectivity index (χ0n) is 13.6. The zero-order valence-corrected chi connectivity index (χ0v) is 13.6. The summed E-state index contributed by atoms with van der Waals surface area (Å²) in [6, 6.07) is 3.44. The number of amides is 1. The molecule has 1 saturated carbocycles. The van der Waals surface area contributed by atoms with Crippen LogP contribution in [0.15, 0.2) is 18.2 Å². The highest BCUT2D eigenvalue weighted by atomic mass is 19.1. The molecule has 0 unspecified atom stereocenters. The molecular formula is C18H21F2NO3. The molecule has 130 valence electrons. The lowest BCUT2D eigenvalue weighted by Gasteiger charge is -2.38. The fraction of sp³-hybridized carbons (Fsp3) is 0.611. The van der Waals surface area contributed by atoms with Crippen molar-refractivity contribution in [3.8, 4) is 0 Å². The Hall–Kier alpha value is -1.53. The molecule has 3 aliphatic rings. The molecule has 3 atom stereocenters. The second-order valence-corrected chi connectivity index (χ2v) is 7.09.